The number of guanidine groups is 1. The van der Waals surface area contributed by atoms with Gasteiger partial charge in [0.2, 0.25) is 5.96 Å². The van der Waals surface area contributed by atoms with Crippen molar-refractivity contribution in [3.63, 3.8) is 0 Å². The lowest BCUT2D eigenvalue weighted by atomic mass is 10.2. The molecule has 0 bridgehead atoms. The fourth-order valence-corrected chi connectivity index (χ4v) is 1.62. The van der Waals surface area contributed by atoms with Crippen molar-refractivity contribution in [2.75, 3.05) is 6.61 Å². The van der Waals surface area contributed by atoms with Gasteiger partial charge >= 0.3 is 0 Å². The molecule has 21 heavy (non-hydrogen) atoms. The van der Waals surface area contributed by atoms with Gasteiger partial charge in [-0.3, -0.25) is 5.41 Å². The molecule has 0 unspecified atom stereocenters. The van der Waals surface area contributed by atoms with Gasteiger partial charge in [0.25, 0.3) is 0 Å². The molecule has 1 aromatic carbocycles. The van der Waals surface area contributed by atoms with Crippen LogP contribution in [0.25, 0.3) is 0 Å². The van der Waals surface area contributed by atoms with Crippen molar-refractivity contribution in [3.05, 3.63) is 28.8 Å². The molecule has 0 aliphatic carbocycles. The minimum Gasteiger partial charge on any atom is -0.492 e. The summed E-state index contributed by atoms with van der Waals surface area (Å²) in [5.41, 5.74) is 8.17. The molecule has 6 nitrogen and oxygen atoms in total. The van der Waals surface area contributed by atoms with Crippen molar-refractivity contribution < 1.29 is 4.74 Å². The number of unbranched alkanes of at least 4 members (excludes halogenated alkanes) is 2. The summed E-state index contributed by atoms with van der Waals surface area (Å²) < 4.78 is 5.53. The van der Waals surface area contributed by atoms with Gasteiger partial charge < -0.3 is 10.5 Å². The molecule has 0 radical (unpaired) electrons. The zero-order valence-corrected chi connectivity index (χ0v) is 12.9. The van der Waals surface area contributed by atoms with E-state index in [1.807, 2.05) is 0 Å². The van der Waals surface area contributed by atoms with Crippen LogP contribution in [-0.4, -0.2) is 18.8 Å². The molecule has 0 spiro atoms. The summed E-state index contributed by atoms with van der Waals surface area (Å²) in [7, 11) is 0. The topological polar surface area (TPSA) is 107 Å². The highest BCUT2D eigenvalue weighted by molar-refractivity contribution is 6.32. The number of nitriles is 1. The fourth-order valence-electron chi connectivity index (χ4n) is 1.38. The van der Waals surface area contributed by atoms with Crippen molar-refractivity contribution in [2.45, 2.75) is 19.3 Å². The van der Waals surface area contributed by atoms with Crippen molar-refractivity contribution in [1.82, 2.24) is 5.43 Å². The molecule has 0 heterocycles. The summed E-state index contributed by atoms with van der Waals surface area (Å²) in [4.78, 5) is 0. The van der Waals surface area contributed by atoms with Crippen LogP contribution in [-0.2, 0) is 0 Å². The summed E-state index contributed by atoms with van der Waals surface area (Å²) in [6.07, 6.45) is 3.67. The number of rotatable bonds is 7. The lowest BCUT2D eigenvalue weighted by molar-refractivity contribution is 0.308. The highest BCUT2D eigenvalue weighted by Crippen LogP contribution is 2.25. The van der Waals surface area contributed by atoms with Gasteiger partial charge in [0.15, 0.2) is 0 Å². The molecule has 114 valence electrons. The van der Waals surface area contributed by atoms with Gasteiger partial charge in [-0.05, 0) is 36.6 Å². The largest absolute Gasteiger partial charge is 0.492 e. The van der Waals surface area contributed by atoms with Crippen LogP contribution in [0.2, 0.25) is 5.02 Å². The first-order valence-electron chi connectivity index (χ1n) is 6.06. The molecule has 0 atom stereocenters. The van der Waals surface area contributed by atoms with Crippen molar-refractivity contribution >= 4 is 36.2 Å². The van der Waals surface area contributed by atoms with E-state index < -0.39 is 0 Å². The van der Waals surface area contributed by atoms with Crippen LogP contribution < -0.4 is 15.9 Å². The van der Waals surface area contributed by atoms with Crippen LogP contribution >= 0.6 is 24.0 Å². The number of ether oxygens (including phenoxy) is 1. The molecule has 0 aliphatic heterocycles. The maximum absolute atomic E-state index is 8.41. The zero-order chi connectivity index (χ0) is 14.8. The van der Waals surface area contributed by atoms with Gasteiger partial charge in [-0.1, -0.05) is 11.6 Å². The Labute approximate surface area is 134 Å². The summed E-state index contributed by atoms with van der Waals surface area (Å²) in [5.74, 6) is 0.366. The molecule has 8 heteroatoms. The van der Waals surface area contributed by atoms with E-state index in [1.165, 1.54) is 6.21 Å². The Hall–Kier alpha value is -1.97. The van der Waals surface area contributed by atoms with E-state index in [-0.39, 0.29) is 18.4 Å². The van der Waals surface area contributed by atoms with Gasteiger partial charge in [-0.25, -0.2) is 5.43 Å². The number of hydrogen-bond donors (Lipinski definition) is 3. The van der Waals surface area contributed by atoms with E-state index in [1.54, 1.807) is 18.2 Å². The minimum atomic E-state index is -0.232. The maximum Gasteiger partial charge on any atom is 0.206 e. The third-order valence-corrected chi connectivity index (χ3v) is 2.59. The quantitative estimate of drug-likeness (QED) is 0.309. The molecule has 1 aromatic rings. The monoisotopic (exact) mass is 329 g/mol. The molecule has 0 aromatic heterocycles. The Balaban J connectivity index is 0.00000400. The van der Waals surface area contributed by atoms with E-state index in [0.717, 1.165) is 18.4 Å². The van der Waals surface area contributed by atoms with Crippen LogP contribution in [0.4, 0.5) is 0 Å². The minimum absolute atomic E-state index is 0. The molecule has 0 saturated heterocycles. The highest BCUT2D eigenvalue weighted by Gasteiger charge is 2.02. The summed E-state index contributed by atoms with van der Waals surface area (Å²) in [5, 5.41) is 19.6. The first kappa shape index (κ1) is 19.0. The fraction of sp³-hybridized carbons (Fsp3) is 0.308. The summed E-state index contributed by atoms with van der Waals surface area (Å²) >= 11 is 6.08. The van der Waals surface area contributed by atoms with Crippen molar-refractivity contribution in [2.24, 2.45) is 10.8 Å². The predicted molar refractivity (Wildman–Crippen MR) is 86.3 cm³/mol. The second-order valence-corrected chi connectivity index (χ2v) is 4.34. The number of benzene rings is 1. The third kappa shape index (κ3) is 8.02. The van der Waals surface area contributed by atoms with Crippen LogP contribution in [0.3, 0.4) is 0 Å². The summed E-state index contributed by atoms with van der Waals surface area (Å²) in [6.45, 7) is 0.529. The van der Waals surface area contributed by atoms with Gasteiger partial charge in [-0.15, -0.1) is 12.4 Å². The van der Waals surface area contributed by atoms with Crippen LogP contribution in [0.15, 0.2) is 23.3 Å². The predicted octanol–water partition coefficient (Wildman–Crippen LogP) is 2.65. The highest BCUT2D eigenvalue weighted by atomic mass is 35.5. The Kier molecular flexibility index (Phi) is 9.76. The van der Waals surface area contributed by atoms with Crippen LogP contribution in [0, 0.1) is 16.7 Å². The summed E-state index contributed by atoms with van der Waals surface area (Å²) in [6, 6.07) is 7.34. The lowest BCUT2D eigenvalue weighted by Crippen LogP contribution is -2.25. The Morgan fingerprint density at radius 2 is 2.29 bits per heavy atom. The van der Waals surface area contributed by atoms with E-state index in [4.69, 9.17) is 32.7 Å². The maximum atomic E-state index is 8.41. The second-order valence-electron chi connectivity index (χ2n) is 3.94. The first-order valence-corrected chi connectivity index (χ1v) is 6.43. The van der Waals surface area contributed by atoms with Crippen molar-refractivity contribution in [1.29, 1.82) is 10.7 Å². The van der Waals surface area contributed by atoms with Gasteiger partial charge in [0.1, 0.15) is 5.75 Å². The number of hydrogen-bond acceptors (Lipinski definition) is 4. The van der Waals surface area contributed by atoms with Gasteiger partial charge in [0, 0.05) is 6.42 Å². The Bertz CT molecular complexity index is 528. The molecule has 0 fully saturated rings. The van der Waals surface area contributed by atoms with E-state index in [0.29, 0.717) is 23.8 Å². The SMILES string of the molecule is Cl.N#CCCCCOc1ccc(/C=N/NC(=N)N)cc1Cl. The van der Waals surface area contributed by atoms with Crippen LogP contribution in [0.1, 0.15) is 24.8 Å². The second kappa shape index (κ2) is 10.8. The van der Waals surface area contributed by atoms with Gasteiger partial charge in [0.05, 0.1) is 23.9 Å². The van der Waals surface area contributed by atoms with Crippen molar-refractivity contribution in [3.8, 4) is 11.8 Å². The number of halogens is 2. The average molecular weight is 330 g/mol. The van der Waals surface area contributed by atoms with Gasteiger partial charge in [-0.2, -0.15) is 10.4 Å². The number of nitrogens with one attached hydrogen (secondary N) is 2. The normalized spacial score (nSPS) is 9.71. The lowest BCUT2D eigenvalue weighted by Gasteiger charge is -2.07. The first-order chi connectivity index (χ1) is 9.63. The molecular formula is C13H17Cl2N5O. The molecular weight excluding hydrogens is 313 g/mol. The molecule has 0 aliphatic rings. The smallest absolute Gasteiger partial charge is 0.206 e. The number of nitrogens with two attached hydrogens (primary N) is 1. The number of hydrazone groups is 1. The third-order valence-electron chi connectivity index (χ3n) is 2.30. The van der Waals surface area contributed by atoms with E-state index in [9.17, 15) is 0 Å². The number of nitrogens with zero attached hydrogens (tertiary/aromatic N) is 2. The molecule has 4 N–H and O–H groups in total. The zero-order valence-electron chi connectivity index (χ0n) is 11.3. The van der Waals surface area contributed by atoms with Crippen LogP contribution in [0.5, 0.6) is 5.75 Å². The Morgan fingerprint density at radius 1 is 1.52 bits per heavy atom. The van der Waals surface area contributed by atoms with E-state index >= 15 is 0 Å². The molecule has 1 rings (SSSR count). The standard InChI is InChI=1S/C13H16ClN5O.ClH/c14-11-8-10(9-18-19-13(16)17)4-5-12(11)20-7-3-1-2-6-15;/h4-5,8-9H,1-3,7H2,(H4,16,17,19);1H/b18-9+;. The average Bonchev–Trinajstić information content (AvgIpc) is 2.40. The molecule has 0 saturated carbocycles. The molecule has 0 amide bonds. The Morgan fingerprint density at radius 3 is 2.90 bits per heavy atom. The van der Waals surface area contributed by atoms with E-state index in [2.05, 4.69) is 16.6 Å².